The first-order valence-corrected chi connectivity index (χ1v) is 6.61. The number of esters is 2. The van der Waals surface area contributed by atoms with Crippen molar-refractivity contribution in [1.29, 1.82) is 0 Å². The molecule has 0 aliphatic carbocycles. The van der Waals surface area contributed by atoms with Crippen LogP contribution in [0.5, 0.6) is 0 Å². The van der Waals surface area contributed by atoms with E-state index in [1.165, 1.54) is 0 Å². The van der Waals surface area contributed by atoms with Crippen LogP contribution < -0.4 is 0 Å². The summed E-state index contributed by atoms with van der Waals surface area (Å²) in [5.41, 5.74) is 2.23. The highest BCUT2D eigenvalue weighted by Gasteiger charge is 2.26. The molecule has 20 heavy (non-hydrogen) atoms. The second-order valence-corrected chi connectivity index (χ2v) is 4.20. The maximum absolute atomic E-state index is 12.0. The molecule has 0 radical (unpaired) electrons. The van der Waals surface area contributed by atoms with Crippen LogP contribution in [0.25, 0.3) is 0 Å². The number of carbonyl (C=O) groups is 2. The van der Waals surface area contributed by atoms with Gasteiger partial charge in [-0.2, -0.15) is 0 Å². The number of pyridine rings is 1. The Hall–Kier alpha value is -2.04. The van der Waals surface area contributed by atoms with Crippen molar-refractivity contribution in [2.75, 3.05) is 13.2 Å². The Bertz CT molecular complexity index is 481. The molecule has 0 bridgehead atoms. The summed E-state index contributed by atoms with van der Waals surface area (Å²) >= 11 is 0. The van der Waals surface area contributed by atoms with Crippen molar-refractivity contribution in [2.24, 2.45) is 0 Å². The van der Waals surface area contributed by atoms with Gasteiger partial charge in [-0.3, -0.25) is 4.98 Å². The summed E-state index contributed by atoms with van der Waals surface area (Å²) in [5.74, 6) is -0.969. The van der Waals surface area contributed by atoms with Crippen LogP contribution in [0, 0.1) is 20.8 Å². The SMILES string of the molecule is [CH2+]Cc1c(C(=O)OCC)c(C)nc(C)c1C(=O)OCC. The molecule has 0 saturated carbocycles. The average Bonchev–Trinajstić information content (AvgIpc) is 2.37. The summed E-state index contributed by atoms with van der Waals surface area (Å²) in [6.45, 7) is 11.2. The van der Waals surface area contributed by atoms with E-state index in [1.807, 2.05) is 0 Å². The second-order valence-electron chi connectivity index (χ2n) is 4.20. The molecule has 108 valence electrons. The molecule has 0 unspecified atom stereocenters. The Morgan fingerprint density at radius 1 is 1.00 bits per heavy atom. The van der Waals surface area contributed by atoms with Gasteiger partial charge >= 0.3 is 11.9 Å². The number of nitrogens with zero attached hydrogens (tertiary/aromatic N) is 1. The molecule has 0 aromatic carbocycles. The lowest BCUT2D eigenvalue weighted by molar-refractivity contribution is 0.0521. The van der Waals surface area contributed by atoms with E-state index in [9.17, 15) is 9.59 Å². The van der Waals surface area contributed by atoms with E-state index < -0.39 is 11.9 Å². The molecule has 0 atom stereocenters. The summed E-state index contributed by atoms with van der Waals surface area (Å²) < 4.78 is 10.1. The Labute approximate surface area is 119 Å². The topological polar surface area (TPSA) is 65.5 Å². The van der Waals surface area contributed by atoms with Crippen LogP contribution in [0.4, 0.5) is 0 Å². The monoisotopic (exact) mass is 278 g/mol. The summed E-state index contributed by atoms with van der Waals surface area (Å²) in [6, 6.07) is 0. The van der Waals surface area contributed by atoms with Gasteiger partial charge in [0.2, 0.25) is 0 Å². The molecular weight excluding hydrogens is 258 g/mol. The van der Waals surface area contributed by atoms with Crippen LogP contribution in [-0.4, -0.2) is 30.1 Å². The third-order valence-corrected chi connectivity index (χ3v) is 2.87. The molecule has 1 rings (SSSR count). The van der Waals surface area contributed by atoms with E-state index in [-0.39, 0.29) is 19.6 Å². The maximum atomic E-state index is 12.0. The molecule has 1 aromatic rings. The van der Waals surface area contributed by atoms with Gasteiger partial charge in [-0.25, -0.2) is 9.59 Å². The Kier molecular flexibility index (Phi) is 5.55. The standard InChI is InChI=1S/C15H20NO4/c1-6-11-12(14(17)19-7-2)9(4)16-10(5)13(11)15(18)20-8-3/h1,6-8H2,2-5H3/q+1. The normalized spacial score (nSPS) is 10.2. The fourth-order valence-corrected chi connectivity index (χ4v) is 2.12. The van der Waals surface area contributed by atoms with Crippen molar-refractivity contribution in [1.82, 2.24) is 4.98 Å². The number of carbonyl (C=O) groups excluding carboxylic acids is 2. The first-order chi connectivity index (χ1) is 9.47. The van der Waals surface area contributed by atoms with E-state index in [2.05, 4.69) is 11.9 Å². The van der Waals surface area contributed by atoms with Gasteiger partial charge in [-0.15, -0.1) is 0 Å². The van der Waals surface area contributed by atoms with Crippen LogP contribution in [0.3, 0.4) is 0 Å². The summed E-state index contributed by atoms with van der Waals surface area (Å²) in [6.07, 6.45) is 0.284. The van der Waals surface area contributed by atoms with Gasteiger partial charge in [-0.05, 0) is 27.7 Å². The molecule has 5 nitrogen and oxygen atoms in total. The van der Waals surface area contributed by atoms with E-state index >= 15 is 0 Å². The average molecular weight is 278 g/mol. The van der Waals surface area contributed by atoms with Gasteiger partial charge in [0.15, 0.2) is 0 Å². The van der Waals surface area contributed by atoms with Crippen molar-refractivity contribution >= 4 is 11.9 Å². The summed E-state index contributed by atoms with van der Waals surface area (Å²) in [7, 11) is 0. The van der Waals surface area contributed by atoms with E-state index in [1.54, 1.807) is 27.7 Å². The van der Waals surface area contributed by atoms with Crippen LogP contribution in [0.2, 0.25) is 0 Å². The number of ether oxygens (including phenoxy) is 2. The van der Waals surface area contributed by atoms with Gasteiger partial charge in [0.05, 0.1) is 42.7 Å². The molecular formula is C15H20NO4+. The van der Waals surface area contributed by atoms with Crippen molar-refractivity contribution in [3.8, 4) is 0 Å². The molecule has 0 amide bonds. The minimum Gasteiger partial charge on any atom is -0.462 e. The first kappa shape index (κ1) is 16.0. The molecule has 0 aliphatic heterocycles. The lowest BCUT2D eigenvalue weighted by atomic mass is 9.96. The highest BCUT2D eigenvalue weighted by molar-refractivity contribution is 5.99. The Morgan fingerprint density at radius 3 is 1.70 bits per heavy atom. The largest absolute Gasteiger partial charge is 0.462 e. The van der Waals surface area contributed by atoms with E-state index in [4.69, 9.17) is 9.47 Å². The quantitative estimate of drug-likeness (QED) is 0.611. The van der Waals surface area contributed by atoms with Gasteiger partial charge < -0.3 is 9.47 Å². The predicted octanol–water partition coefficient (Wildman–Crippen LogP) is 2.43. The highest BCUT2D eigenvalue weighted by atomic mass is 16.5. The fourth-order valence-electron chi connectivity index (χ4n) is 2.12. The number of hydrogen-bond acceptors (Lipinski definition) is 5. The number of aryl methyl sites for hydroxylation is 2. The zero-order chi connectivity index (χ0) is 15.3. The molecule has 0 spiro atoms. The minimum absolute atomic E-state index is 0.261. The Morgan fingerprint density at radius 2 is 1.40 bits per heavy atom. The van der Waals surface area contributed by atoms with Crippen LogP contribution in [0.15, 0.2) is 0 Å². The summed E-state index contributed by atoms with van der Waals surface area (Å²) in [5, 5.41) is 0. The zero-order valence-electron chi connectivity index (χ0n) is 12.4. The highest BCUT2D eigenvalue weighted by Crippen LogP contribution is 2.23. The molecule has 0 aliphatic rings. The summed E-state index contributed by atoms with van der Waals surface area (Å²) in [4.78, 5) is 28.4. The van der Waals surface area contributed by atoms with Gasteiger partial charge in [0.25, 0.3) is 0 Å². The van der Waals surface area contributed by atoms with Gasteiger partial charge in [-0.1, -0.05) is 0 Å². The van der Waals surface area contributed by atoms with E-state index in [0.717, 1.165) is 0 Å². The van der Waals surface area contributed by atoms with Gasteiger partial charge in [0.1, 0.15) is 6.42 Å². The van der Waals surface area contributed by atoms with Crippen LogP contribution >= 0.6 is 0 Å². The molecule has 1 aromatic heterocycles. The molecule has 1 heterocycles. The lowest BCUT2D eigenvalue weighted by Crippen LogP contribution is -2.19. The number of aromatic nitrogens is 1. The van der Waals surface area contributed by atoms with Crippen molar-refractivity contribution < 1.29 is 19.1 Å². The smallest absolute Gasteiger partial charge is 0.340 e. The number of rotatable bonds is 5. The Balaban J connectivity index is 3.48. The predicted molar refractivity (Wildman–Crippen MR) is 74.7 cm³/mol. The zero-order valence-corrected chi connectivity index (χ0v) is 12.4. The molecule has 0 fully saturated rings. The second kappa shape index (κ2) is 6.93. The van der Waals surface area contributed by atoms with Crippen LogP contribution in [0.1, 0.15) is 51.5 Å². The third-order valence-electron chi connectivity index (χ3n) is 2.87. The third kappa shape index (κ3) is 3.10. The number of hydrogen-bond donors (Lipinski definition) is 0. The molecule has 0 saturated heterocycles. The lowest BCUT2D eigenvalue weighted by Gasteiger charge is -2.14. The molecule has 5 heteroatoms. The van der Waals surface area contributed by atoms with Crippen LogP contribution in [-0.2, 0) is 15.9 Å². The molecule has 0 N–H and O–H groups in total. The van der Waals surface area contributed by atoms with Crippen molar-refractivity contribution in [3.05, 3.63) is 35.0 Å². The van der Waals surface area contributed by atoms with Gasteiger partial charge in [0, 0.05) is 5.56 Å². The fraction of sp³-hybridized carbons (Fsp3) is 0.467. The van der Waals surface area contributed by atoms with Crippen molar-refractivity contribution in [2.45, 2.75) is 34.1 Å². The maximum Gasteiger partial charge on any atom is 0.340 e. The van der Waals surface area contributed by atoms with E-state index in [0.29, 0.717) is 28.1 Å². The van der Waals surface area contributed by atoms with Crippen molar-refractivity contribution in [3.63, 3.8) is 0 Å². The minimum atomic E-state index is -0.485. The first-order valence-electron chi connectivity index (χ1n) is 6.61.